The predicted octanol–water partition coefficient (Wildman–Crippen LogP) is 7.48. The molecular weight excluding hydrogens is 492 g/mol. The second-order valence-corrected chi connectivity index (χ2v) is 9.92. The van der Waals surface area contributed by atoms with Crippen molar-refractivity contribution in [1.82, 2.24) is 4.90 Å². The second-order valence-electron chi connectivity index (χ2n) is 9.92. The fourth-order valence-corrected chi connectivity index (χ4v) is 5.64. The highest BCUT2D eigenvalue weighted by Gasteiger charge is 2.56. The molecule has 0 aliphatic carbocycles. The number of methoxy groups -OCH3 is 1. The third-order valence-electron chi connectivity index (χ3n) is 7.52. The molecule has 4 nitrogen and oxygen atoms in total. The second kappa shape index (κ2) is 11.0. The van der Waals surface area contributed by atoms with E-state index in [9.17, 15) is 4.79 Å². The van der Waals surface area contributed by atoms with Crippen LogP contribution in [0.2, 0.25) is 0 Å². The topological polar surface area (TPSA) is 41.9 Å². The summed E-state index contributed by atoms with van der Waals surface area (Å²) in [5, 5.41) is 0. The van der Waals surface area contributed by atoms with E-state index in [-0.39, 0.29) is 11.8 Å². The van der Waals surface area contributed by atoms with E-state index in [1.165, 1.54) is 0 Å². The first-order valence-corrected chi connectivity index (χ1v) is 13.5. The number of amidine groups is 1. The van der Waals surface area contributed by atoms with Crippen molar-refractivity contribution in [3.05, 3.63) is 173 Å². The Labute approximate surface area is 235 Å². The molecular formula is C36H30N2O2. The number of hydrogen-bond donors (Lipinski definition) is 0. The summed E-state index contributed by atoms with van der Waals surface area (Å²) in [5.41, 5.74) is 3.36. The van der Waals surface area contributed by atoms with Gasteiger partial charge in [-0.05, 0) is 41.0 Å². The lowest BCUT2D eigenvalue weighted by molar-refractivity contribution is 0.0820. The van der Waals surface area contributed by atoms with Gasteiger partial charge in [-0.1, -0.05) is 121 Å². The van der Waals surface area contributed by atoms with Gasteiger partial charge in [0.15, 0.2) is 11.3 Å². The van der Waals surface area contributed by atoms with Crippen LogP contribution in [0, 0.1) is 0 Å². The van der Waals surface area contributed by atoms with Crippen LogP contribution in [0.3, 0.4) is 0 Å². The lowest BCUT2D eigenvalue weighted by Crippen LogP contribution is -2.43. The standard InChI is InChI=1S/C36H30N2O2/c1-40-32-24-22-29(23-25-32)34(39)36(31-20-12-5-13-21-31)33(28-16-8-3-9-17-28)38(26-27-14-6-2-7-15-27)35(37-36)30-18-10-4-11-19-30/h2-25,33H,26H2,1H3/t33-,36+/m0/s1. The highest BCUT2D eigenvalue weighted by Crippen LogP contribution is 2.51. The number of Topliss-reactive ketones (excluding diaryl/α,β-unsaturated/α-hetero) is 1. The third-order valence-corrected chi connectivity index (χ3v) is 7.52. The van der Waals surface area contributed by atoms with Crippen LogP contribution in [0.5, 0.6) is 5.75 Å². The molecule has 0 radical (unpaired) electrons. The summed E-state index contributed by atoms with van der Waals surface area (Å²) in [7, 11) is 1.63. The van der Waals surface area contributed by atoms with Crippen LogP contribution in [0.4, 0.5) is 0 Å². The molecule has 4 heteroatoms. The highest BCUT2D eigenvalue weighted by atomic mass is 16.5. The van der Waals surface area contributed by atoms with Gasteiger partial charge >= 0.3 is 0 Å². The van der Waals surface area contributed by atoms with Crippen LogP contribution in [-0.2, 0) is 12.1 Å². The van der Waals surface area contributed by atoms with Gasteiger partial charge in [-0.3, -0.25) is 4.79 Å². The number of aliphatic imine (C=N–C) groups is 1. The summed E-state index contributed by atoms with van der Waals surface area (Å²) in [5.74, 6) is 1.44. The number of ketones is 1. The van der Waals surface area contributed by atoms with Crippen LogP contribution in [0.1, 0.15) is 38.7 Å². The molecule has 0 bridgehead atoms. The fraction of sp³-hybridized carbons (Fsp3) is 0.111. The van der Waals surface area contributed by atoms with E-state index in [0.717, 1.165) is 28.1 Å². The zero-order chi connectivity index (χ0) is 27.4. The average molecular weight is 523 g/mol. The third kappa shape index (κ3) is 4.58. The zero-order valence-electron chi connectivity index (χ0n) is 22.4. The van der Waals surface area contributed by atoms with Gasteiger partial charge < -0.3 is 9.64 Å². The molecule has 1 aliphatic heterocycles. The molecule has 0 spiro atoms. The maximum atomic E-state index is 15.0. The minimum Gasteiger partial charge on any atom is -0.497 e. The first kappa shape index (κ1) is 25.3. The van der Waals surface area contributed by atoms with E-state index in [4.69, 9.17) is 9.73 Å². The quantitative estimate of drug-likeness (QED) is 0.198. The summed E-state index contributed by atoms with van der Waals surface area (Å²) < 4.78 is 5.39. The first-order valence-electron chi connectivity index (χ1n) is 13.5. The van der Waals surface area contributed by atoms with Crippen LogP contribution in [-0.4, -0.2) is 23.6 Å². The molecule has 196 valence electrons. The molecule has 6 rings (SSSR count). The molecule has 0 aromatic heterocycles. The molecule has 0 amide bonds. The Hall–Kier alpha value is -4.96. The van der Waals surface area contributed by atoms with Crippen molar-refractivity contribution in [2.24, 2.45) is 4.99 Å². The van der Waals surface area contributed by atoms with Gasteiger partial charge in [-0.15, -0.1) is 0 Å². The Morgan fingerprint density at radius 3 is 1.88 bits per heavy atom. The van der Waals surface area contributed by atoms with Crippen molar-refractivity contribution < 1.29 is 9.53 Å². The minimum absolute atomic E-state index is 0.0563. The van der Waals surface area contributed by atoms with E-state index in [0.29, 0.717) is 17.9 Å². The molecule has 0 fully saturated rings. The monoisotopic (exact) mass is 522 g/mol. The summed E-state index contributed by atoms with van der Waals surface area (Å²) in [4.78, 5) is 22.7. The number of carbonyl (C=O) groups excluding carboxylic acids is 1. The van der Waals surface area contributed by atoms with E-state index >= 15 is 0 Å². The maximum absolute atomic E-state index is 15.0. The number of hydrogen-bond acceptors (Lipinski definition) is 4. The van der Waals surface area contributed by atoms with Gasteiger partial charge in [-0.25, -0.2) is 4.99 Å². The maximum Gasteiger partial charge on any atom is 0.197 e. The molecule has 0 N–H and O–H groups in total. The van der Waals surface area contributed by atoms with E-state index < -0.39 is 5.54 Å². The largest absolute Gasteiger partial charge is 0.497 e. The van der Waals surface area contributed by atoms with Gasteiger partial charge in [-0.2, -0.15) is 0 Å². The smallest absolute Gasteiger partial charge is 0.197 e. The number of nitrogens with zero attached hydrogens (tertiary/aromatic N) is 2. The molecule has 1 heterocycles. The van der Waals surface area contributed by atoms with Crippen LogP contribution in [0.15, 0.2) is 151 Å². The zero-order valence-corrected chi connectivity index (χ0v) is 22.4. The highest BCUT2D eigenvalue weighted by molar-refractivity contribution is 6.10. The van der Waals surface area contributed by atoms with Gasteiger partial charge in [0.05, 0.1) is 13.2 Å². The SMILES string of the molecule is COc1ccc(C(=O)[C@]2(c3ccccc3)N=C(c3ccccc3)N(Cc3ccccc3)[C@H]2c2ccccc2)cc1. The Bertz CT molecular complexity index is 1600. The van der Waals surface area contributed by atoms with E-state index in [1.54, 1.807) is 7.11 Å². The van der Waals surface area contributed by atoms with Gasteiger partial charge in [0.2, 0.25) is 0 Å². The number of benzene rings is 5. The van der Waals surface area contributed by atoms with Crippen LogP contribution >= 0.6 is 0 Å². The van der Waals surface area contributed by atoms with E-state index in [1.807, 2.05) is 97.1 Å². The lowest BCUT2D eigenvalue weighted by atomic mass is 9.74. The molecule has 5 aromatic carbocycles. The van der Waals surface area contributed by atoms with Crippen molar-refractivity contribution in [2.45, 2.75) is 18.1 Å². The normalized spacial score (nSPS) is 18.3. The Morgan fingerprint density at radius 2 is 1.27 bits per heavy atom. The molecule has 0 unspecified atom stereocenters. The Balaban J connectivity index is 1.64. The van der Waals surface area contributed by atoms with Gasteiger partial charge in [0.25, 0.3) is 0 Å². The van der Waals surface area contributed by atoms with Crippen LogP contribution in [0.25, 0.3) is 0 Å². The molecule has 40 heavy (non-hydrogen) atoms. The molecule has 0 saturated heterocycles. The van der Waals surface area contributed by atoms with Crippen molar-refractivity contribution in [3.63, 3.8) is 0 Å². The van der Waals surface area contributed by atoms with Gasteiger partial charge in [0.1, 0.15) is 11.6 Å². The molecule has 1 aliphatic rings. The number of ether oxygens (including phenoxy) is 1. The Kier molecular flexibility index (Phi) is 6.98. The van der Waals surface area contributed by atoms with Gasteiger partial charge in [0, 0.05) is 17.7 Å². The van der Waals surface area contributed by atoms with Crippen molar-refractivity contribution >= 4 is 11.6 Å². The first-order chi connectivity index (χ1) is 19.7. The van der Waals surface area contributed by atoms with Crippen molar-refractivity contribution in [1.29, 1.82) is 0 Å². The van der Waals surface area contributed by atoms with Crippen molar-refractivity contribution in [2.75, 3.05) is 7.11 Å². The molecule has 2 atom stereocenters. The number of rotatable bonds is 8. The lowest BCUT2D eigenvalue weighted by Gasteiger charge is -2.38. The van der Waals surface area contributed by atoms with Crippen LogP contribution < -0.4 is 4.74 Å². The fourth-order valence-electron chi connectivity index (χ4n) is 5.64. The number of carbonyl (C=O) groups is 1. The predicted molar refractivity (Wildman–Crippen MR) is 160 cm³/mol. The minimum atomic E-state index is -1.23. The Morgan fingerprint density at radius 1 is 0.725 bits per heavy atom. The molecule has 0 saturated carbocycles. The summed E-state index contributed by atoms with van der Waals surface area (Å²) >= 11 is 0. The summed E-state index contributed by atoms with van der Waals surface area (Å²) in [6, 6.07) is 47.8. The summed E-state index contributed by atoms with van der Waals surface area (Å²) in [6.07, 6.45) is 0. The average Bonchev–Trinajstić information content (AvgIpc) is 3.38. The van der Waals surface area contributed by atoms with E-state index in [2.05, 4.69) is 53.4 Å². The summed E-state index contributed by atoms with van der Waals surface area (Å²) in [6.45, 7) is 0.596. The molecule has 5 aromatic rings. The van der Waals surface area contributed by atoms with Crippen molar-refractivity contribution in [3.8, 4) is 5.75 Å².